The van der Waals surface area contributed by atoms with Crippen LogP contribution in [-0.2, 0) is 11.2 Å². The zero-order chi connectivity index (χ0) is 11.4. The highest BCUT2D eigenvalue weighted by Crippen LogP contribution is 2.12. The quantitative estimate of drug-likeness (QED) is 0.770. The fourth-order valence-electron chi connectivity index (χ4n) is 1.79. The summed E-state index contributed by atoms with van der Waals surface area (Å²) in [5.41, 5.74) is 1.04. The molecule has 5 nitrogen and oxygen atoms in total. The van der Waals surface area contributed by atoms with E-state index in [0.29, 0.717) is 18.6 Å². The Hall–Kier alpha value is -1.46. The molecule has 1 aliphatic rings. The van der Waals surface area contributed by atoms with Gasteiger partial charge in [-0.25, -0.2) is 4.79 Å². The van der Waals surface area contributed by atoms with Crippen LogP contribution in [0, 0.1) is 0 Å². The molecule has 1 fully saturated rings. The number of nitrogens with zero attached hydrogens (tertiary/aromatic N) is 1. The Balaban J connectivity index is 2.10. The summed E-state index contributed by atoms with van der Waals surface area (Å²) in [6, 6.07) is 1.52. The first kappa shape index (κ1) is 11.0. The van der Waals surface area contributed by atoms with Crippen molar-refractivity contribution in [2.24, 2.45) is 0 Å². The molecule has 0 radical (unpaired) electrons. The highest BCUT2D eigenvalue weighted by Gasteiger charge is 2.17. The number of ether oxygens (including phenoxy) is 1. The van der Waals surface area contributed by atoms with Gasteiger partial charge >= 0.3 is 5.97 Å². The molecule has 1 aromatic rings. The van der Waals surface area contributed by atoms with Crippen LogP contribution in [-0.4, -0.2) is 41.9 Å². The van der Waals surface area contributed by atoms with E-state index >= 15 is 0 Å². The first-order valence-corrected chi connectivity index (χ1v) is 5.26. The molecule has 0 saturated carbocycles. The molecule has 0 bridgehead atoms. The number of pyridine rings is 1. The Morgan fingerprint density at radius 1 is 1.69 bits per heavy atom. The number of hydrogen-bond donors (Lipinski definition) is 2. The molecule has 1 aliphatic heterocycles. The van der Waals surface area contributed by atoms with Gasteiger partial charge < -0.3 is 15.2 Å². The molecule has 2 heterocycles. The van der Waals surface area contributed by atoms with E-state index in [4.69, 9.17) is 9.84 Å². The molecule has 5 heteroatoms. The van der Waals surface area contributed by atoms with Gasteiger partial charge in [0.25, 0.3) is 0 Å². The molecule has 2 N–H and O–H groups in total. The first-order valence-electron chi connectivity index (χ1n) is 5.26. The standard InChI is InChI=1S/C11H14N2O3/c14-11(15)10-1-2-12-6-8(10)5-9-7-13-3-4-16-9/h1-2,6,9,13H,3-5,7H2,(H,14,15). The Labute approximate surface area is 93.5 Å². The summed E-state index contributed by atoms with van der Waals surface area (Å²) in [7, 11) is 0. The zero-order valence-corrected chi connectivity index (χ0v) is 8.85. The number of carboxylic acid groups (broad SMARTS) is 1. The second kappa shape index (κ2) is 5.05. The number of carbonyl (C=O) groups is 1. The topological polar surface area (TPSA) is 71.5 Å². The summed E-state index contributed by atoms with van der Waals surface area (Å²) < 4.78 is 5.53. The largest absolute Gasteiger partial charge is 0.478 e. The number of nitrogens with one attached hydrogen (secondary N) is 1. The Bertz CT molecular complexity index is 375. The van der Waals surface area contributed by atoms with Crippen molar-refractivity contribution in [3.05, 3.63) is 29.6 Å². The van der Waals surface area contributed by atoms with E-state index in [1.54, 1.807) is 6.20 Å². The van der Waals surface area contributed by atoms with E-state index in [9.17, 15) is 4.79 Å². The minimum atomic E-state index is -0.916. The van der Waals surface area contributed by atoms with Gasteiger partial charge in [-0.3, -0.25) is 4.98 Å². The molecule has 0 spiro atoms. The predicted octanol–water partition coefficient (Wildman–Crippen LogP) is 0.311. The number of hydrogen-bond acceptors (Lipinski definition) is 4. The summed E-state index contributed by atoms with van der Waals surface area (Å²) in [5, 5.41) is 12.2. The van der Waals surface area contributed by atoms with Gasteiger partial charge in [0.2, 0.25) is 0 Å². The van der Waals surface area contributed by atoms with Crippen LogP contribution in [0.5, 0.6) is 0 Å². The Morgan fingerprint density at radius 2 is 2.56 bits per heavy atom. The Kier molecular flexibility index (Phi) is 3.48. The van der Waals surface area contributed by atoms with Crippen molar-refractivity contribution in [2.45, 2.75) is 12.5 Å². The summed E-state index contributed by atoms with van der Waals surface area (Å²) in [5.74, 6) is -0.916. The fraction of sp³-hybridized carbons (Fsp3) is 0.455. The molecule has 86 valence electrons. The normalized spacial score (nSPS) is 20.6. The van der Waals surface area contributed by atoms with Gasteiger partial charge in [0.15, 0.2) is 0 Å². The van der Waals surface area contributed by atoms with Gasteiger partial charge in [-0.05, 0) is 11.6 Å². The van der Waals surface area contributed by atoms with Crippen LogP contribution in [0.1, 0.15) is 15.9 Å². The molecule has 0 aromatic carbocycles. The van der Waals surface area contributed by atoms with Crippen LogP contribution in [0.25, 0.3) is 0 Å². The van der Waals surface area contributed by atoms with Crippen molar-refractivity contribution in [2.75, 3.05) is 19.7 Å². The van der Waals surface area contributed by atoms with Gasteiger partial charge in [-0.15, -0.1) is 0 Å². The zero-order valence-electron chi connectivity index (χ0n) is 8.85. The number of aromatic nitrogens is 1. The summed E-state index contributed by atoms with van der Waals surface area (Å²) >= 11 is 0. The maximum atomic E-state index is 11.0. The Morgan fingerprint density at radius 3 is 3.25 bits per heavy atom. The highest BCUT2D eigenvalue weighted by atomic mass is 16.5. The van der Waals surface area contributed by atoms with Crippen molar-refractivity contribution in [3.8, 4) is 0 Å². The lowest BCUT2D eigenvalue weighted by atomic mass is 10.0. The third-order valence-electron chi connectivity index (χ3n) is 2.59. The number of carboxylic acids is 1. The first-order chi connectivity index (χ1) is 7.77. The smallest absolute Gasteiger partial charge is 0.336 e. The molecule has 1 unspecified atom stereocenters. The highest BCUT2D eigenvalue weighted by molar-refractivity contribution is 5.89. The van der Waals surface area contributed by atoms with Crippen molar-refractivity contribution in [1.82, 2.24) is 10.3 Å². The van der Waals surface area contributed by atoms with Gasteiger partial charge in [-0.2, -0.15) is 0 Å². The third-order valence-corrected chi connectivity index (χ3v) is 2.59. The van der Waals surface area contributed by atoms with Crippen LogP contribution >= 0.6 is 0 Å². The maximum Gasteiger partial charge on any atom is 0.336 e. The second-order valence-corrected chi connectivity index (χ2v) is 3.74. The van der Waals surface area contributed by atoms with E-state index in [2.05, 4.69) is 10.3 Å². The molecule has 2 rings (SSSR count). The number of morpholine rings is 1. The van der Waals surface area contributed by atoms with Crippen molar-refractivity contribution in [3.63, 3.8) is 0 Å². The molecule has 1 atom stereocenters. The van der Waals surface area contributed by atoms with Crippen molar-refractivity contribution in [1.29, 1.82) is 0 Å². The van der Waals surface area contributed by atoms with E-state index in [1.165, 1.54) is 12.3 Å². The number of aromatic carboxylic acids is 1. The van der Waals surface area contributed by atoms with Crippen LogP contribution < -0.4 is 5.32 Å². The summed E-state index contributed by atoms with van der Waals surface area (Å²) in [4.78, 5) is 14.9. The van der Waals surface area contributed by atoms with E-state index in [1.807, 2.05) is 0 Å². The molecular weight excluding hydrogens is 208 g/mol. The minimum absolute atomic E-state index is 0.0380. The van der Waals surface area contributed by atoms with Crippen molar-refractivity contribution >= 4 is 5.97 Å². The monoisotopic (exact) mass is 222 g/mol. The van der Waals surface area contributed by atoms with Crippen molar-refractivity contribution < 1.29 is 14.6 Å². The maximum absolute atomic E-state index is 11.0. The van der Waals surface area contributed by atoms with E-state index in [-0.39, 0.29) is 6.10 Å². The SMILES string of the molecule is O=C(O)c1ccncc1CC1CNCCO1. The number of rotatable bonds is 3. The molecule has 1 aromatic heterocycles. The van der Waals surface area contributed by atoms with Crippen LogP contribution in [0.3, 0.4) is 0 Å². The lowest BCUT2D eigenvalue weighted by Gasteiger charge is -2.23. The van der Waals surface area contributed by atoms with Gasteiger partial charge in [0.05, 0.1) is 18.3 Å². The molecular formula is C11H14N2O3. The summed E-state index contributed by atoms with van der Waals surface area (Å²) in [6.45, 7) is 2.29. The van der Waals surface area contributed by atoms with Gasteiger partial charge in [0, 0.05) is 31.9 Å². The van der Waals surface area contributed by atoms with Crippen LogP contribution in [0.4, 0.5) is 0 Å². The van der Waals surface area contributed by atoms with E-state index < -0.39 is 5.97 Å². The third kappa shape index (κ3) is 2.56. The van der Waals surface area contributed by atoms with E-state index in [0.717, 1.165) is 18.7 Å². The lowest BCUT2D eigenvalue weighted by Crippen LogP contribution is -2.39. The molecule has 0 amide bonds. The molecule has 16 heavy (non-hydrogen) atoms. The second-order valence-electron chi connectivity index (χ2n) is 3.74. The molecule has 1 saturated heterocycles. The average Bonchev–Trinajstić information content (AvgIpc) is 2.31. The van der Waals surface area contributed by atoms with Crippen LogP contribution in [0.15, 0.2) is 18.5 Å². The summed E-state index contributed by atoms with van der Waals surface area (Å²) in [6.07, 6.45) is 3.72. The fourth-order valence-corrected chi connectivity index (χ4v) is 1.79. The average molecular weight is 222 g/mol. The van der Waals surface area contributed by atoms with Crippen LogP contribution in [0.2, 0.25) is 0 Å². The lowest BCUT2D eigenvalue weighted by molar-refractivity contribution is 0.0289. The molecule has 0 aliphatic carbocycles. The van der Waals surface area contributed by atoms with Gasteiger partial charge in [0.1, 0.15) is 0 Å². The predicted molar refractivity (Wildman–Crippen MR) is 57.5 cm³/mol. The minimum Gasteiger partial charge on any atom is -0.478 e. The van der Waals surface area contributed by atoms with Gasteiger partial charge in [-0.1, -0.05) is 0 Å².